The summed E-state index contributed by atoms with van der Waals surface area (Å²) in [6, 6.07) is 1.22. The molecular formula is C9H8ClF2NO2. The molecule has 0 fully saturated rings. The summed E-state index contributed by atoms with van der Waals surface area (Å²) in [5, 5.41) is 8.71. The maximum Gasteiger partial charge on any atom is 0.307 e. The molecule has 3 nitrogen and oxygen atoms in total. The highest BCUT2D eigenvalue weighted by Gasteiger charge is 2.18. The fraction of sp³-hybridized carbons (Fsp3) is 0.333. The van der Waals surface area contributed by atoms with E-state index in [1.165, 1.54) is 13.0 Å². The van der Waals surface area contributed by atoms with Gasteiger partial charge in [0.25, 0.3) is 6.43 Å². The van der Waals surface area contributed by atoms with Crippen LogP contribution in [0.1, 0.15) is 23.4 Å². The van der Waals surface area contributed by atoms with Crippen LogP contribution in [0, 0.1) is 6.92 Å². The monoisotopic (exact) mass is 235 g/mol. The van der Waals surface area contributed by atoms with Gasteiger partial charge >= 0.3 is 5.97 Å². The molecule has 82 valence electrons. The number of pyridine rings is 1. The number of rotatable bonds is 3. The van der Waals surface area contributed by atoms with E-state index in [1.807, 2.05) is 0 Å². The quantitative estimate of drug-likeness (QED) is 0.876. The maximum absolute atomic E-state index is 12.5. The summed E-state index contributed by atoms with van der Waals surface area (Å²) < 4.78 is 25.0. The van der Waals surface area contributed by atoms with Crippen molar-refractivity contribution in [2.75, 3.05) is 0 Å². The van der Waals surface area contributed by atoms with Crippen molar-refractivity contribution in [1.82, 2.24) is 4.98 Å². The standard InChI is InChI=1S/C9H8ClF2NO2/c1-4-6(10)2-5(3-7(14)15)8(13-4)9(11)12/h2,9H,3H2,1H3,(H,14,15). The zero-order chi connectivity index (χ0) is 11.6. The molecule has 0 spiro atoms. The van der Waals surface area contributed by atoms with Crippen LogP contribution in [0.4, 0.5) is 8.78 Å². The van der Waals surface area contributed by atoms with E-state index in [0.717, 1.165) is 0 Å². The second-order valence-electron chi connectivity index (χ2n) is 2.97. The summed E-state index contributed by atoms with van der Waals surface area (Å²) in [5.41, 5.74) is -0.298. The molecule has 0 unspecified atom stereocenters. The van der Waals surface area contributed by atoms with Crippen LogP contribution in [0.2, 0.25) is 5.02 Å². The van der Waals surface area contributed by atoms with Gasteiger partial charge in [-0.15, -0.1) is 0 Å². The Bertz CT molecular complexity index is 396. The second kappa shape index (κ2) is 4.53. The number of carboxylic acids is 1. The van der Waals surface area contributed by atoms with Crippen molar-refractivity contribution in [1.29, 1.82) is 0 Å². The van der Waals surface area contributed by atoms with Gasteiger partial charge < -0.3 is 5.11 Å². The van der Waals surface area contributed by atoms with Gasteiger partial charge in [-0.05, 0) is 18.6 Å². The largest absolute Gasteiger partial charge is 0.481 e. The third-order valence-corrected chi connectivity index (χ3v) is 2.19. The van der Waals surface area contributed by atoms with Gasteiger partial charge in [-0.1, -0.05) is 11.6 Å². The molecule has 1 aromatic rings. The molecule has 0 aliphatic rings. The number of hydrogen-bond acceptors (Lipinski definition) is 2. The number of alkyl halides is 2. The fourth-order valence-electron chi connectivity index (χ4n) is 1.13. The molecule has 6 heteroatoms. The normalized spacial score (nSPS) is 10.7. The Hall–Kier alpha value is -1.23. The van der Waals surface area contributed by atoms with Crippen LogP contribution in [-0.2, 0) is 11.2 Å². The Balaban J connectivity index is 3.21. The van der Waals surface area contributed by atoms with Crippen LogP contribution in [0.5, 0.6) is 0 Å². The minimum atomic E-state index is -2.80. The van der Waals surface area contributed by atoms with E-state index in [9.17, 15) is 13.6 Å². The number of halogens is 3. The number of nitrogens with zero attached hydrogens (tertiary/aromatic N) is 1. The first-order valence-corrected chi connectivity index (χ1v) is 4.45. The molecular weight excluding hydrogens is 228 g/mol. The number of aliphatic carboxylic acids is 1. The summed E-state index contributed by atoms with van der Waals surface area (Å²) >= 11 is 5.67. The van der Waals surface area contributed by atoms with E-state index in [1.54, 1.807) is 0 Å². The predicted molar refractivity (Wildman–Crippen MR) is 50.3 cm³/mol. The van der Waals surface area contributed by atoms with Crippen molar-refractivity contribution in [3.8, 4) is 0 Å². The lowest BCUT2D eigenvalue weighted by Crippen LogP contribution is -2.07. The summed E-state index contributed by atoms with van der Waals surface area (Å²) in [6.45, 7) is 1.48. The van der Waals surface area contributed by atoms with Crippen molar-refractivity contribution in [2.24, 2.45) is 0 Å². The molecule has 0 amide bonds. The fourth-order valence-corrected chi connectivity index (χ4v) is 1.30. The van der Waals surface area contributed by atoms with Crippen molar-refractivity contribution < 1.29 is 18.7 Å². The molecule has 1 N–H and O–H groups in total. The van der Waals surface area contributed by atoms with Gasteiger partial charge in [0, 0.05) is 0 Å². The maximum atomic E-state index is 12.5. The third kappa shape index (κ3) is 2.86. The van der Waals surface area contributed by atoms with E-state index >= 15 is 0 Å². The molecule has 0 aliphatic carbocycles. The third-order valence-electron chi connectivity index (χ3n) is 1.81. The Kier molecular flexibility index (Phi) is 3.57. The van der Waals surface area contributed by atoms with Gasteiger partial charge in [-0.2, -0.15) is 0 Å². The van der Waals surface area contributed by atoms with Crippen molar-refractivity contribution in [3.05, 3.63) is 28.0 Å². The van der Waals surface area contributed by atoms with Gasteiger partial charge in [0.15, 0.2) is 0 Å². The first kappa shape index (κ1) is 11.8. The van der Waals surface area contributed by atoms with Crippen LogP contribution in [0.15, 0.2) is 6.07 Å². The highest BCUT2D eigenvalue weighted by molar-refractivity contribution is 6.31. The molecule has 1 aromatic heterocycles. The Labute approximate surface area is 89.7 Å². The Morgan fingerprint density at radius 2 is 2.27 bits per heavy atom. The topological polar surface area (TPSA) is 50.2 Å². The van der Waals surface area contributed by atoms with Crippen LogP contribution in [0.25, 0.3) is 0 Å². The summed E-state index contributed by atoms with van der Waals surface area (Å²) in [4.78, 5) is 14.0. The van der Waals surface area contributed by atoms with Crippen LogP contribution < -0.4 is 0 Å². The van der Waals surface area contributed by atoms with Crippen LogP contribution in [-0.4, -0.2) is 16.1 Å². The first-order chi connectivity index (χ1) is 6.91. The van der Waals surface area contributed by atoms with Gasteiger partial charge in [0.1, 0.15) is 5.69 Å². The Morgan fingerprint density at radius 3 is 2.73 bits per heavy atom. The zero-order valence-electron chi connectivity index (χ0n) is 7.80. The van der Waals surface area contributed by atoms with E-state index in [4.69, 9.17) is 16.7 Å². The summed E-state index contributed by atoms with van der Waals surface area (Å²) in [7, 11) is 0. The average Bonchev–Trinajstić information content (AvgIpc) is 2.09. The number of carboxylic acid groups (broad SMARTS) is 1. The average molecular weight is 236 g/mol. The molecule has 0 aliphatic heterocycles. The van der Waals surface area contributed by atoms with Gasteiger partial charge in [-0.3, -0.25) is 9.78 Å². The molecule has 0 bridgehead atoms. The second-order valence-corrected chi connectivity index (χ2v) is 3.38. The minimum absolute atomic E-state index is 0.0481. The molecule has 0 saturated heterocycles. The smallest absolute Gasteiger partial charge is 0.307 e. The van der Waals surface area contributed by atoms with Crippen molar-refractivity contribution >= 4 is 17.6 Å². The SMILES string of the molecule is Cc1nc(C(F)F)c(CC(=O)O)cc1Cl. The molecule has 0 radical (unpaired) electrons. The minimum Gasteiger partial charge on any atom is -0.481 e. The molecule has 1 heterocycles. The molecule has 0 atom stereocenters. The lowest BCUT2D eigenvalue weighted by Gasteiger charge is -2.08. The highest BCUT2D eigenvalue weighted by atomic mass is 35.5. The molecule has 1 rings (SSSR count). The predicted octanol–water partition coefficient (Wildman–Crippen LogP) is 2.61. The lowest BCUT2D eigenvalue weighted by molar-refractivity contribution is -0.136. The number of hydrogen-bond donors (Lipinski definition) is 1. The van der Waals surface area contributed by atoms with E-state index in [-0.39, 0.29) is 16.3 Å². The van der Waals surface area contributed by atoms with Crippen molar-refractivity contribution in [2.45, 2.75) is 19.8 Å². The molecule has 15 heavy (non-hydrogen) atoms. The molecule has 0 aromatic carbocycles. The van der Waals surface area contributed by atoms with Crippen LogP contribution >= 0.6 is 11.6 Å². The first-order valence-electron chi connectivity index (χ1n) is 4.07. The van der Waals surface area contributed by atoms with Gasteiger partial charge in [0.2, 0.25) is 0 Å². The van der Waals surface area contributed by atoms with E-state index in [2.05, 4.69) is 4.98 Å². The molecule has 0 saturated carbocycles. The number of aryl methyl sites for hydroxylation is 1. The summed E-state index contributed by atoms with van der Waals surface area (Å²) in [6.07, 6.45) is -3.30. The number of aromatic nitrogens is 1. The highest BCUT2D eigenvalue weighted by Crippen LogP contribution is 2.25. The van der Waals surface area contributed by atoms with Crippen molar-refractivity contribution in [3.63, 3.8) is 0 Å². The summed E-state index contributed by atoms with van der Waals surface area (Å²) in [5.74, 6) is -1.20. The van der Waals surface area contributed by atoms with E-state index < -0.39 is 24.5 Å². The lowest BCUT2D eigenvalue weighted by atomic mass is 10.1. The van der Waals surface area contributed by atoms with Gasteiger partial charge in [-0.25, -0.2) is 8.78 Å². The van der Waals surface area contributed by atoms with E-state index in [0.29, 0.717) is 0 Å². The number of carbonyl (C=O) groups is 1. The van der Waals surface area contributed by atoms with Gasteiger partial charge in [0.05, 0.1) is 17.1 Å². The van der Waals surface area contributed by atoms with Crippen LogP contribution in [0.3, 0.4) is 0 Å². The zero-order valence-corrected chi connectivity index (χ0v) is 8.55. The Morgan fingerprint density at radius 1 is 1.67 bits per heavy atom.